The van der Waals surface area contributed by atoms with Gasteiger partial charge in [0, 0.05) is 20.0 Å². The average Bonchev–Trinajstić information content (AvgIpc) is 3.13. The largest absolute Gasteiger partial charge is 0.337 e. The lowest BCUT2D eigenvalue weighted by atomic mass is 9.63. The molecule has 1 amide bonds. The summed E-state index contributed by atoms with van der Waals surface area (Å²) in [6.45, 7) is 1.40. The number of fused-ring (bicyclic) bond motifs is 1. The van der Waals surface area contributed by atoms with Crippen LogP contribution in [0.2, 0.25) is 0 Å². The zero-order chi connectivity index (χ0) is 16.7. The van der Waals surface area contributed by atoms with E-state index in [-0.39, 0.29) is 11.7 Å². The molecule has 1 aliphatic carbocycles. The van der Waals surface area contributed by atoms with Gasteiger partial charge in [0.25, 0.3) is 0 Å². The molecule has 0 N–H and O–H groups in total. The highest BCUT2D eigenvalue weighted by Gasteiger charge is 2.47. The third kappa shape index (κ3) is 2.32. The summed E-state index contributed by atoms with van der Waals surface area (Å²) in [5, 5.41) is 8.45. The zero-order valence-corrected chi connectivity index (χ0v) is 13.8. The maximum Gasteiger partial charge on any atom is 0.233 e. The van der Waals surface area contributed by atoms with E-state index in [1.54, 1.807) is 17.0 Å². The Hall–Kier alpha value is -2.24. The molecule has 0 spiro atoms. The Labute approximate surface area is 140 Å². The van der Waals surface area contributed by atoms with Crippen LogP contribution in [0, 0.1) is 5.82 Å². The highest BCUT2D eigenvalue weighted by atomic mass is 19.1. The van der Waals surface area contributed by atoms with Gasteiger partial charge < -0.3 is 9.47 Å². The number of hydrogen-bond donors (Lipinski definition) is 0. The van der Waals surface area contributed by atoms with Gasteiger partial charge in [-0.25, -0.2) is 4.39 Å². The highest BCUT2D eigenvalue weighted by molar-refractivity contribution is 5.89. The first-order chi connectivity index (χ1) is 11.6. The molecule has 1 aliphatic heterocycles. The molecule has 24 heavy (non-hydrogen) atoms. The molecular formula is C18H21FN4O. The van der Waals surface area contributed by atoms with E-state index in [0.717, 1.165) is 55.9 Å². The van der Waals surface area contributed by atoms with Crippen molar-refractivity contribution < 1.29 is 9.18 Å². The average molecular weight is 328 g/mol. The van der Waals surface area contributed by atoms with E-state index in [2.05, 4.69) is 14.8 Å². The van der Waals surface area contributed by atoms with Crippen molar-refractivity contribution in [3.8, 4) is 0 Å². The van der Waals surface area contributed by atoms with Gasteiger partial charge in [-0.1, -0.05) is 18.6 Å². The van der Waals surface area contributed by atoms with Gasteiger partial charge in [0.2, 0.25) is 5.91 Å². The van der Waals surface area contributed by atoms with E-state index in [4.69, 9.17) is 0 Å². The Morgan fingerprint density at radius 3 is 2.67 bits per heavy atom. The van der Waals surface area contributed by atoms with Gasteiger partial charge >= 0.3 is 0 Å². The van der Waals surface area contributed by atoms with Crippen molar-refractivity contribution in [3.63, 3.8) is 0 Å². The Morgan fingerprint density at radius 1 is 1.25 bits per heavy atom. The summed E-state index contributed by atoms with van der Waals surface area (Å²) in [6.07, 6.45) is 4.72. The van der Waals surface area contributed by atoms with Crippen LogP contribution in [0.1, 0.15) is 42.9 Å². The van der Waals surface area contributed by atoms with E-state index < -0.39 is 5.41 Å². The molecule has 1 aromatic carbocycles. The lowest BCUT2D eigenvalue weighted by Gasteiger charge is -2.43. The molecule has 0 unspecified atom stereocenters. The predicted octanol–water partition coefficient (Wildman–Crippen LogP) is 2.44. The molecule has 1 saturated carbocycles. The molecule has 126 valence electrons. The van der Waals surface area contributed by atoms with Gasteiger partial charge in [-0.2, -0.15) is 0 Å². The molecule has 1 aromatic heterocycles. The second-order valence-corrected chi connectivity index (χ2v) is 6.89. The summed E-state index contributed by atoms with van der Waals surface area (Å²) in [5.41, 5.74) is 0.412. The second kappa shape index (κ2) is 5.69. The molecule has 0 saturated heterocycles. The van der Waals surface area contributed by atoms with Crippen LogP contribution in [0.3, 0.4) is 0 Å². The Bertz CT molecular complexity index is 764. The predicted molar refractivity (Wildman–Crippen MR) is 86.7 cm³/mol. The molecule has 0 atom stereocenters. The highest BCUT2D eigenvalue weighted by Crippen LogP contribution is 2.45. The molecule has 6 heteroatoms. The van der Waals surface area contributed by atoms with Crippen LogP contribution >= 0.6 is 0 Å². The van der Waals surface area contributed by atoms with Crippen molar-refractivity contribution >= 4 is 5.91 Å². The lowest BCUT2D eigenvalue weighted by Crippen LogP contribution is -2.49. The number of aromatic nitrogens is 3. The van der Waals surface area contributed by atoms with Crippen LogP contribution in [0.15, 0.2) is 24.3 Å². The molecule has 2 heterocycles. The van der Waals surface area contributed by atoms with Crippen molar-refractivity contribution in [2.24, 2.45) is 0 Å². The van der Waals surface area contributed by atoms with E-state index >= 15 is 0 Å². The molecule has 0 bridgehead atoms. The Kier molecular flexibility index (Phi) is 3.62. The van der Waals surface area contributed by atoms with Gasteiger partial charge in [0.05, 0.1) is 12.0 Å². The van der Waals surface area contributed by atoms with Crippen LogP contribution in [-0.2, 0) is 29.7 Å². The molecule has 0 radical (unpaired) electrons. The number of halogens is 1. The van der Waals surface area contributed by atoms with E-state index in [0.29, 0.717) is 6.54 Å². The molecule has 1 fully saturated rings. The fourth-order valence-electron chi connectivity index (χ4n) is 3.90. The second-order valence-electron chi connectivity index (χ2n) is 6.89. The van der Waals surface area contributed by atoms with Crippen molar-refractivity contribution in [1.82, 2.24) is 19.7 Å². The SMILES string of the molecule is CN(Cc1nnc2n1CCC2)C(=O)C1(c2ccc(F)cc2)CCC1. The maximum absolute atomic E-state index is 13.2. The third-order valence-electron chi connectivity index (χ3n) is 5.42. The van der Waals surface area contributed by atoms with Gasteiger partial charge in [0.1, 0.15) is 11.6 Å². The van der Waals surface area contributed by atoms with Crippen molar-refractivity contribution in [2.45, 2.75) is 50.6 Å². The summed E-state index contributed by atoms with van der Waals surface area (Å²) in [7, 11) is 1.82. The smallest absolute Gasteiger partial charge is 0.233 e. The normalized spacial score (nSPS) is 18.1. The lowest BCUT2D eigenvalue weighted by molar-refractivity contribution is -0.140. The summed E-state index contributed by atoms with van der Waals surface area (Å²) in [6, 6.07) is 6.37. The van der Waals surface area contributed by atoms with Crippen LogP contribution < -0.4 is 0 Å². The van der Waals surface area contributed by atoms with Gasteiger partial charge in [-0.05, 0) is 37.0 Å². The fraction of sp³-hybridized carbons (Fsp3) is 0.500. The molecule has 4 rings (SSSR count). The van der Waals surface area contributed by atoms with E-state index in [1.807, 2.05) is 7.05 Å². The minimum absolute atomic E-state index is 0.0932. The first kappa shape index (κ1) is 15.3. The van der Waals surface area contributed by atoms with Crippen LogP contribution in [0.4, 0.5) is 4.39 Å². The van der Waals surface area contributed by atoms with Gasteiger partial charge in [-0.3, -0.25) is 4.79 Å². The number of aryl methyl sites for hydroxylation is 1. The molecule has 5 nitrogen and oxygen atoms in total. The van der Waals surface area contributed by atoms with Crippen LogP contribution in [-0.4, -0.2) is 32.6 Å². The van der Waals surface area contributed by atoms with Crippen LogP contribution in [0.5, 0.6) is 0 Å². The first-order valence-corrected chi connectivity index (χ1v) is 8.53. The Morgan fingerprint density at radius 2 is 2.00 bits per heavy atom. The van der Waals surface area contributed by atoms with E-state index in [9.17, 15) is 9.18 Å². The maximum atomic E-state index is 13.2. The van der Waals surface area contributed by atoms with Crippen molar-refractivity contribution in [1.29, 1.82) is 0 Å². The number of amides is 1. The monoisotopic (exact) mass is 328 g/mol. The van der Waals surface area contributed by atoms with Gasteiger partial charge in [0.15, 0.2) is 5.82 Å². The molecular weight excluding hydrogens is 307 g/mol. The summed E-state index contributed by atoms with van der Waals surface area (Å²) in [4.78, 5) is 14.9. The number of likely N-dealkylation sites (N-methyl/N-ethyl adjacent to an activating group) is 1. The minimum Gasteiger partial charge on any atom is -0.337 e. The quantitative estimate of drug-likeness (QED) is 0.866. The summed E-state index contributed by atoms with van der Waals surface area (Å²) < 4.78 is 15.3. The summed E-state index contributed by atoms with van der Waals surface area (Å²) in [5.74, 6) is 1.69. The third-order valence-corrected chi connectivity index (χ3v) is 5.42. The van der Waals surface area contributed by atoms with E-state index in [1.165, 1.54) is 12.1 Å². The van der Waals surface area contributed by atoms with Crippen LogP contribution in [0.25, 0.3) is 0 Å². The number of benzene rings is 1. The number of hydrogen-bond acceptors (Lipinski definition) is 3. The number of carbonyl (C=O) groups excluding carboxylic acids is 1. The standard InChI is InChI=1S/C18H21FN4O/c1-22(12-16-21-20-15-4-2-11-23(15)16)17(24)18(9-3-10-18)13-5-7-14(19)8-6-13/h5-8H,2-4,9-12H2,1H3. The number of nitrogens with zero attached hydrogens (tertiary/aromatic N) is 4. The molecule has 2 aromatic rings. The molecule has 2 aliphatic rings. The number of carbonyl (C=O) groups is 1. The minimum atomic E-state index is -0.504. The van der Waals surface area contributed by atoms with Crippen molar-refractivity contribution in [3.05, 3.63) is 47.3 Å². The zero-order valence-electron chi connectivity index (χ0n) is 13.8. The first-order valence-electron chi connectivity index (χ1n) is 8.53. The van der Waals surface area contributed by atoms with Gasteiger partial charge in [-0.15, -0.1) is 10.2 Å². The summed E-state index contributed by atoms with van der Waals surface area (Å²) >= 11 is 0. The van der Waals surface area contributed by atoms with Crippen molar-refractivity contribution in [2.75, 3.05) is 7.05 Å². The fourth-order valence-corrected chi connectivity index (χ4v) is 3.90. The Balaban J connectivity index is 1.55. The topological polar surface area (TPSA) is 51.0 Å². The number of rotatable bonds is 4.